The molecule has 0 heterocycles. The first-order valence-electron chi connectivity index (χ1n) is 9.74. The van der Waals surface area contributed by atoms with E-state index in [1.54, 1.807) is 13.2 Å². The lowest BCUT2D eigenvalue weighted by molar-refractivity contribution is -0.112. The summed E-state index contributed by atoms with van der Waals surface area (Å²) in [7, 11) is 1.57. The molecule has 0 bridgehead atoms. The highest BCUT2D eigenvalue weighted by Crippen LogP contribution is 2.26. The van der Waals surface area contributed by atoms with Crippen LogP contribution in [0.4, 0.5) is 0 Å². The minimum absolute atomic E-state index is 0.0179. The molecule has 1 atom stereocenters. The highest BCUT2D eigenvalue weighted by Gasteiger charge is 2.14. The zero-order valence-corrected chi connectivity index (χ0v) is 16.8. The number of aliphatic hydroxyl groups excluding tert-OH is 1. The largest absolute Gasteiger partial charge is 0.467 e. The number of aryl methyl sites for hydroxylation is 1. The molecule has 0 aromatic heterocycles. The van der Waals surface area contributed by atoms with Crippen molar-refractivity contribution in [3.63, 3.8) is 0 Å². The number of carbonyl (C=O) groups is 1. The van der Waals surface area contributed by atoms with E-state index in [1.807, 2.05) is 24.3 Å². The van der Waals surface area contributed by atoms with Crippen LogP contribution in [0, 0.1) is 0 Å². The van der Waals surface area contributed by atoms with E-state index in [0.29, 0.717) is 12.2 Å². The average Bonchev–Trinajstić information content (AvgIpc) is 2.70. The van der Waals surface area contributed by atoms with Gasteiger partial charge in [-0.2, -0.15) is 0 Å². The molecule has 2 aromatic carbocycles. The van der Waals surface area contributed by atoms with Crippen molar-refractivity contribution >= 4 is 11.9 Å². The predicted molar refractivity (Wildman–Crippen MR) is 112 cm³/mol. The number of methoxy groups -OCH3 is 1. The number of aliphatic hydroxyl groups is 1. The maximum absolute atomic E-state index is 11.3. The number of rotatable bonds is 12. The normalized spacial score (nSPS) is 12.2. The van der Waals surface area contributed by atoms with Gasteiger partial charge in [-0.05, 0) is 49.5 Å². The van der Waals surface area contributed by atoms with Gasteiger partial charge in [-0.1, -0.05) is 55.0 Å². The topological polar surface area (TPSA) is 55.8 Å². The van der Waals surface area contributed by atoms with Crippen LogP contribution < -0.4 is 4.74 Å². The van der Waals surface area contributed by atoms with Crippen molar-refractivity contribution in [3.8, 4) is 5.75 Å². The summed E-state index contributed by atoms with van der Waals surface area (Å²) in [4.78, 5) is 11.3. The summed E-state index contributed by atoms with van der Waals surface area (Å²) in [5, 5.41) is 10.6. The fraction of sp³-hybridized carbons (Fsp3) is 0.375. The van der Waals surface area contributed by atoms with Crippen molar-refractivity contribution in [1.29, 1.82) is 0 Å². The van der Waals surface area contributed by atoms with Gasteiger partial charge in [-0.15, -0.1) is 0 Å². The maximum atomic E-state index is 11.3. The van der Waals surface area contributed by atoms with E-state index in [2.05, 4.69) is 24.3 Å². The lowest BCUT2D eigenvalue weighted by Crippen LogP contribution is -2.13. The van der Waals surface area contributed by atoms with E-state index in [9.17, 15) is 9.90 Å². The average molecular weight is 383 g/mol. The second-order valence-electron chi connectivity index (χ2n) is 6.91. The van der Waals surface area contributed by atoms with Crippen LogP contribution in [0.1, 0.15) is 42.9 Å². The van der Waals surface area contributed by atoms with Crippen LogP contribution in [0.5, 0.6) is 5.75 Å². The first-order chi connectivity index (χ1) is 13.6. The van der Waals surface area contributed by atoms with Crippen LogP contribution in [-0.4, -0.2) is 30.9 Å². The standard InChI is InChI=1S/C24H30O4/c1-19(25)15-16-21-12-8-14-24(28-18-27-2)23(21)17-22(26)13-7-6-11-20-9-4-3-5-10-20/h3-5,8-10,12,14-16,22,26H,6-7,11,13,17-18H2,1-2H3/b16-15+/t22-/m0/s1. The second kappa shape index (κ2) is 12.1. The van der Waals surface area contributed by atoms with Gasteiger partial charge < -0.3 is 14.6 Å². The number of hydrogen-bond acceptors (Lipinski definition) is 4. The molecule has 2 rings (SSSR count). The lowest BCUT2D eigenvalue weighted by atomic mass is 9.96. The van der Waals surface area contributed by atoms with Gasteiger partial charge in [-0.3, -0.25) is 4.79 Å². The van der Waals surface area contributed by atoms with Crippen LogP contribution in [-0.2, 0) is 22.4 Å². The van der Waals surface area contributed by atoms with Crippen molar-refractivity contribution in [2.45, 2.75) is 45.1 Å². The summed E-state index contributed by atoms with van der Waals surface area (Å²) >= 11 is 0. The molecule has 0 fully saturated rings. The zero-order chi connectivity index (χ0) is 20.2. The van der Waals surface area contributed by atoms with Crippen LogP contribution in [0.2, 0.25) is 0 Å². The van der Waals surface area contributed by atoms with Gasteiger partial charge in [0.05, 0.1) is 6.10 Å². The number of allylic oxidation sites excluding steroid dienone is 1. The third-order valence-electron chi connectivity index (χ3n) is 4.53. The third kappa shape index (κ3) is 7.67. The van der Waals surface area contributed by atoms with Gasteiger partial charge in [-0.25, -0.2) is 0 Å². The summed E-state index contributed by atoms with van der Waals surface area (Å²) in [5.74, 6) is 0.659. The van der Waals surface area contributed by atoms with Crippen molar-refractivity contribution in [1.82, 2.24) is 0 Å². The molecule has 0 unspecified atom stereocenters. The Hall–Kier alpha value is -2.43. The van der Waals surface area contributed by atoms with Crippen LogP contribution in [0.25, 0.3) is 6.08 Å². The fourth-order valence-corrected chi connectivity index (χ4v) is 3.11. The smallest absolute Gasteiger partial charge is 0.188 e. The summed E-state index contributed by atoms with van der Waals surface area (Å²) in [6, 6.07) is 16.1. The molecule has 0 aliphatic heterocycles. The Morgan fingerprint density at radius 1 is 1.11 bits per heavy atom. The van der Waals surface area contributed by atoms with Gasteiger partial charge in [0, 0.05) is 19.1 Å². The number of unbranched alkanes of at least 4 members (excludes halogenated alkanes) is 1. The van der Waals surface area contributed by atoms with Crippen molar-refractivity contribution in [2.24, 2.45) is 0 Å². The summed E-state index contributed by atoms with van der Waals surface area (Å²) in [5.41, 5.74) is 3.10. The molecule has 0 aliphatic carbocycles. The minimum Gasteiger partial charge on any atom is -0.467 e. The van der Waals surface area contributed by atoms with E-state index < -0.39 is 6.10 Å². The van der Waals surface area contributed by atoms with Crippen LogP contribution in [0.3, 0.4) is 0 Å². The van der Waals surface area contributed by atoms with E-state index in [4.69, 9.17) is 9.47 Å². The molecule has 0 spiro atoms. The van der Waals surface area contributed by atoms with Crippen molar-refractivity contribution in [3.05, 3.63) is 71.3 Å². The zero-order valence-electron chi connectivity index (χ0n) is 16.8. The van der Waals surface area contributed by atoms with Crippen LogP contribution >= 0.6 is 0 Å². The molecule has 4 nitrogen and oxygen atoms in total. The first kappa shape index (κ1) is 21.9. The van der Waals surface area contributed by atoms with E-state index >= 15 is 0 Å². The lowest BCUT2D eigenvalue weighted by Gasteiger charge is -2.17. The SMILES string of the molecule is COCOc1cccc(/C=C/C(C)=O)c1C[C@@H](O)CCCCc1ccccc1. The third-order valence-corrected chi connectivity index (χ3v) is 4.53. The van der Waals surface area contributed by atoms with E-state index in [1.165, 1.54) is 18.6 Å². The molecule has 1 N–H and O–H groups in total. The van der Waals surface area contributed by atoms with Crippen LogP contribution in [0.15, 0.2) is 54.6 Å². The van der Waals surface area contributed by atoms with Crippen molar-refractivity contribution in [2.75, 3.05) is 13.9 Å². The number of hydrogen-bond donors (Lipinski definition) is 1. The number of ether oxygens (including phenoxy) is 2. The molecule has 150 valence electrons. The molecule has 0 aliphatic rings. The predicted octanol–water partition coefficient (Wildman–Crippen LogP) is 4.59. The molecule has 2 aromatic rings. The summed E-state index contributed by atoms with van der Waals surface area (Å²) < 4.78 is 10.7. The summed E-state index contributed by atoms with van der Waals surface area (Å²) in [6.45, 7) is 1.66. The van der Waals surface area contributed by atoms with E-state index in [-0.39, 0.29) is 12.6 Å². The Morgan fingerprint density at radius 3 is 2.61 bits per heavy atom. The van der Waals surface area contributed by atoms with Gasteiger partial charge in [0.25, 0.3) is 0 Å². The molecular formula is C24H30O4. The van der Waals surface area contributed by atoms with Gasteiger partial charge in [0.2, 0.25) is 0 Å². The number of benzene rings is 2. The number of ketones is 1. The minimum atomic E-state index is -0.465. The highest BCUT2D eigenvalue weighted by atomic mass is 16.7. The molecule has 4 heteroatoms. The monoisotopic (exact) mass is 382 g/mol. The second-order valence-corrected chi connectivity index (χ2v) is 6.91. The van der Waals surface area contributed by atoms with Crippen molar-refractivity contribution < 1.29 is 19.4 Å². The maximum Gasteiger partial charge on any atom is 0.188 e. The Balaban J connectivity index is 1.97. The Morgan fingerprint density at radius 2 is 1.89 bits per heavy atom. The molecule has 0 saturated heterocycles. The molecule has 0 radical (unpaired) electrons. The number of carbonyl (C=O) groups excluding carboxylic acids is 1. The van der Waals surface area contributed by atoms with Gasteiger partial charge in [0.1, 0.15) is 5.75 Å². The molecule has 0 saturated carbocycles. The Kier molecular flexibility index (Phi) is 9.46. The van der Waals surface area contributed by atoms with E-state index in [0.717, 1.165) is 36.8 Å². The molecular weight excluding hydrogens is 352 g/mol. The Bertz CT molecular complexity index is 752. The van der Waals surface area contributed by atoms with Gasteiger partial charge in [0.15, 0.2) is 12.6 Å². The molecule has 28 heavy (non-hydrogen) atoms. The Labute approximate surface area is 167 Å². The first-order valence-corrected chi connectivity index (χ1v) is 9.74. The van der Waals surface area contributed by atoms with Gasteiger partial charge >= 0.3 is 0 Å². The fourth-order valence-electron chi connectivity index (χ4n) is 3.11. The quantitative estimate of drug-likeness (QED) is 0.331. The molecule has 0 amide bonds. The summed E-state index contributed by atoms with van der Waals surface area (Å²) in [6.07, 6.45) is 7.06. The highest BCUT2D eigenvalue weighted by molar-refractivity contribution is 5.91.